The van der Waals surface area contributed by atoms with Gasteiger partial charge in [-0.2, -0.15) is 0 Å². The summed E-state index contributed by atoms with van der Waals surface area (Å²) in [6, 6.07) is 0. The van der Waals surface area contributed by atoms with E-state index < -0.39 is 6.10 Å². The van der Waals surface area contributed by atoms with Crippen molar-refractivity contribution >= 4 is 18.3 Å². The fraction of sp³-hybridized carbons (Fsp3) is 0.917. The van der Waals surface area contributed by atoms with Crippen LogP contribution in [0.5, 0.6) is 0 Å². The number of amides is 1. The molecular weight excluding hydrogens is 256 g/mol. The van der Waals surface area contributed by atoms with Gasteiger partial charge < -0.3 is 20.1 Å². The predicted molar refractivity (Wildman–Crippen MR) is 73.1 cm³/mol. The number of carbonyl (C=O) groups excluding carboxylic acids is 1. The molecule has 1 atom stereocenters. The van der Waals surface area contributed by atoms with Crippen molar-refractivity contribution in [3.05, 3.63) is 0 Å². The first-order valence-electron chi connectivity index (χ1n) is 6.14. The summed E-state index contributed by atoms with van der Waals surface area (Å²) in [5.41, 5.74) is 0.0725. The lowest BCUT2D eigenvalue weighted by Crippen LogP contribution is -2.48. The van der Waals surface area contributed by atoms with Crippen molar-refractivity contribution < 1.29 is 14.3 Å². The third-order valence-electron chi connectivity index (χ3n) is 3.48. The molecule has 108 valence electrons. The maximum absolute atomic E-state index is 11.7. The number of rotatable bonds is 6. The average Bonchev–Trinajstić information content (AvgIpc) is 2.36. The van der Waals surface area contributed by atoms with Crippen LogP contribution in [0.1, 0.15) is 19.8 Å². The van der Waals surface area contributed by atoms with E-state index >= 15 is 0 Å². The van der Waals surface area contributed by atoms with Crippen LogP contribution in [0.3, 0.4) is 0 Å². The fourth-order valence-electron chi connectivity index (χ4n) is 2.16. The molecule has 1 aliphatic rings. The summed E-state index contributed by atoms with van der Waals surface area (Å²) < 4.78 is 10.3. The van der Waals surface area contributed by atoms with Gasteiger partial charge in [-0.25, -0.2) is 0 Å². The molecule has 0 aliphatic carbocycles. The predicted octanol–water partition coefficient (Wildman–Crippen LogP) is 0.575. The van der Waals surface area contributed by atoms with E-state index in [1.807, 2.05) is 0 Å². The molecule has 0 radical (unpaired) electrons. The third-order valence-corrected chi connectivity index (χ3v) is 3.48. The van der Waals surface area contributed by atoms with Gasteiger partial charge in [-0.05, 0) is 32.9 Å². The first-order chi connectivity index (χ1) is 8.13. The minimum Gasteiger partial charge on any atom is -0.384 e. The van der Waals surface area contributed by atoms with Gasteiger partial charge >= 0.3 is 0 Å². The van der Waals surface area contributed by atoms with Gasteiger partial charge in [0.2, 0.25) is 5.91 Å². The topological polar surface area (TPSA) is 59.6 Å². The number of ether oxygens (including phenoxy) is 2. The zero-order chi connectivity index (χ0) is 12.7. The molecule has 0 bridgehead atoms. The highest BCUT2D eigenvalue weighted by Crippen LogP contribution is 2.28. The van der Waals surface area contributed by atoms with Crippen LogP contribution < -0.4 is 10.6 Å². The Hall–Kier alpha value is -0.360. The zero-order valence-corrected chi connectivity index (χ0v) is 12.3. The number of carbonyl (C=O) groups is 1. The van der Waals surface area contributed by atoms with E-state index in [2.05, 4.69) is 10.6 Å². The summed E-state index contributed by atoms with van der Waals surface area (Å²) in [6.45, 7) is 5.07. The second-order valence-corrected chi connectivity index (χ2v) is 4.78. The molecule has 1 amide bonds. The fourth-order valence-corrected chi connectivity index (χ4v) is 2.16. The Labute approximate surface area is 115 Å². The molecule has 0 saturated carbocycles. The van der Waals surface area contributed by atoms with Gasteiger partial charge in [0, 0.05) is 26.2 Å². The molecule has 1 unspecified atom stereocenters. The first kappa shape index (κ1) is 17.6. The molecule has 0 spiro atoms. The number of methoxy groups -OCH3 is 2. The molecule has 1 saturated heterocycles. The molecule has 18 heavy (non-hydrogen) atoms. The monoisotopic (exact) mass is 280 g/mol. The third kappa shape index (κ3) is 5.10. The Morgan fingerprint density at radius 3 is 2.50 bits per heavy atom. The summed E-state index contributed by atoms with van der Waals surface area (Å²) in [5, 5.41) is 6.28. The lowest BCUT2D eigenvalue weighted by molar-refractivity contribution is -0.130. The molecule has 5 nitrogen and oxygen atoms in total. The molecule has 0 aromatic heterocycles. The number of hydrogen-bond acceptors (Lipinski definition) is 4. The molecule has 0 aromatic rings. The average molecular weight is 281 g/mol. The van der Waals surface area contributed by atoms with E-state index in [0.717, 1.165) is 25.9 Å². The Balaban J connectivity index is 0.00000289. The number of halogens is 1. The van der Waals surface area contributed by atoms with E-state index in [0.29, 0.717) is 13.2 Å². The van der Waals surface area contributed by atoms with E-state index in [1.54, 1.807) is 21.1 Å². The van der Waals surface area contributed by atoms with E-state index in [1.165, 1.54) is 0 Å². The molecule has 6 heteroatoms. The SMILES string of the molecule is COCC1(CNC(=O)C(C)OC)CCNCC1.Cl. The quantitative estimate of drug-likeness (QED) is 0.747. The maximum atomic E-state index is 11.7. The largest absolute Gasteiger partial charge is 0.384 e. The van der Waals surface area contributed by atoms with Crippen LogP contribution >= 0.6 is 12.4 Å². The van der Waals surface area contributed by atoms with Gasteiger partial charge in [0.05, 0.1) is 6.61 Å². The lowest BCUT2D eigenvalue weighted by Gasteiger charge is -2.37. The minimum absolute atomic E-state index is 0. The van der Waals surface area contributed by atoms with Crippen LogP contribution in [0, 0.1) is 5.41 Å². The van der Waals surface area contributed by atoms with E-state index in [9.17, 15) is 4.79 Å². The lowest BCUT2D eigenvalue weighted by atomic mass is 9.79. The summed E-state index contributed by atoms with van der Waals surface area (Å²) >= 11 is 0. The van der Waals surface area contributed by atoms with Gasteiger partial charge in [0.25, 0.3) is 0 Å². The number of piperidine rings is 1. The molecule has 2 N–H and O–H groups in total. The van der Waals surface area contributed by atoms with Crippen LogP contribution in [-0.2, 0) is 14.3 Å². The Morgan fingerprint density at radius 2 is 2.00 bits per heavy atom. The van der Waals surface area contributed by atoms with Gasteiger partial charge in [-0.3, -0.25) is 4.79 Å². The van der Waals surface area contributed by atoms with Gasteiger partial charge in [0.1, 0.15) is 6.10 Å². The second kappa shape index (κ2) is 8.69. The molecule has 0 aromatic carbocycles. The van der Waals surface area contributed by atoms with Crippen LogP contribution in [0.25, 0.3) is 0 Å². The maximum Gasteiger partial charge on any atom is 0.248 e. The number of hydrogen-bond donors (Lipinski definition) is 2. The molecule has 1 rings (SSSR count). The first-order valence-corrected chi connectivity index (χ1v) is 6.14. The molecule has 1 fully saturated rings. The Kier molecular flexibility index (Phi) is 8.52. The van der Waals surface area contributed by atoms with E-state index in [-0.39, 0.29) is 23.7 Å². The van der Waals surface area contributed by atoms with Crippen molar-refractivity contribution in [2.45, 2.75) is 25.9 Å². The van der Waals surface area contributed by atoms with Crippen molar-refractivity contribution in [2.75, 3.05) is 40.5 Å². The summed E-state index contributed by atoms with van der Waals surface area (Å²) in [7, 11) is 3.25. The van der Waals surface area contributed by atoms with Crippen LogP contribution in [0.2, 0.25) is 0 Å². The van der Waals surface area contributed by atoms with E-state index in [4.69, 9.17) is 9.47 Å². The Morgan fingerprint density at radius 1 is 1.39 bits per heavy atom. The normalized spacial score (nSPS) is 19.7. The molecule has 1 heterocycles. The zero-order valence-electron chi connectivity index (χ0n) is 11.5. The van der Waals surface area contributed by atoms with Crippen LogP contribution in [-0.4, -0.2) is 52.5 Å². The van der Waals surface area contributed by atoms with Crippen LogP contribution in [0.15, 0.2) is 0 Å². The van der Waals surface area contributed by atoms with Crippen molar-refractivity contribution in [1.29, 1.82) is 0 Å². The van der Waals surface area contributed by atoms with Crippen molar-refractivity contribution in [3.8, 4) is 0 Å². The highest BCUT2D eigenvalue weighted by molar-refractivity contribution is 5.85. The van der Waals surface area contributed by atoms with Crippen LogP contribution in [0.4, 0.5) is 0 Å². The second-order valence-electron chi connectivity index (χ2n) is 4.78. The highest BCUT2D eigenvalue weighted by atomic mass is 35.5. The van der Waals surface area contributed by atoms with Gasteiger partial charge in [0.15, 0.2) is 0 Å². The summed E-state index contributed by atoms with van der Waals surface area (Å²) in [5.74, 6) is -0.0542. The van der Waals surface area contributed by atoms with Gasteiger partial charge in [-0.15, -0.1) is 12.4 Å². The number of nitrogens with one attached hydrogen (secondary N) is 2. The summed E-state index contributed by atoms with van der Waals surface area (Å²) in [6.07, 6.45) is 1.67. The highest BCUT2D eigenvalue weighted by Gasteiger charge is 2.32. The standard InChI is InChI=1S/C12H24N2O3.ClH/c1-10(17-3)11(15)14-8-12(9-16-2)4-6-13-7-5-12;/h10,13H,4-9H2,1-3H3,(H,14,15);1H. The van der Waals surface area contributed by atoms with Crippen molar-refractivity contribution in [3.63, 3.8) is 0 Å². The minimum atomic E-state index is -0.392. The summed E-state index contributed by atoms with van der Waals surface area (Å²) in [4.78, 5) is 11.7. The smallest absolute Gasteiger partial charge is 0.248 e. The van der Waals surface area contributed by atoms with Crippen molar-refractivity contribution in [1.82, 2.24) is 10.6 Å². The Bertz CT molecular complexity index is 240. The molecule has 1 aliphatic heterocycles. The van der Waals surface area contributed by atoms with Crippen molar-refractivity contribution in [2.24, 2.45) is 5.41 Å². The molecular formula is C12H25ClN2O3. The van der Waals surface area contributed by atoms with Gasteiger partial charge in [-0.1, -0.05) is 0 Å².